The van der Waals surface area contributed by atoms with Crippen LogP contribution in [0.1, 0.15) is 20.3 Å². The van der Waals surface area contributed by atoms with Crippen molar-refractivity contribution in [2.75, 3.05) is 26.0 Å². The summed E-state index contributed by atoms with van der Waals surface area (Å²) < 4.78 is 6.83. The molecular weight excluding hydrogens is 282 g/mol. The second kappa shape index (κ2) is 6.79. The van der Waals surface area contributed by atoms with Crippen molar-refractivity contribution in [2.24, 2.45) is 5.92 Å². The molecule has 2 rings (SSSR count). The first-order valence-corrected chi connectivity index (χ1v) is 7.51. The fourth-order valence-electron chi connectivity index (χ4n) is 2.10. The molecule has 6 nitrogen and oxygen atoms in total. The molecule has 0 unspecified atom stereocenters. The summed E-state index contributed by atoms with van der Waals surface area (Å²) >= 11 is 0. The van der Waals surface area contributed by atoms with Gasteiger partial charge in [0, 0.05) is 24.7 Å². The predicted octanol–water partition coefficient (Wildman–Crippen LogP) is 2.14. The third kappa shape index (κ3) is 3.57. The van der Waals surface area contributed by atoms with E-state index in [1.54, 1.807) is 22.8 Å². The minimum atomic E-state index is -0.373. The molecular formula is C16H23N3O3. The van der Waals surface area contributed by atoms with E-state index >= 15 is 0 Å². The average molecular weight is 305 g/mol. The summed E-state index contributed by atoms with van der Waals surface area (Å²) in [7, 11) is 3.90. The van der Waals surface area contributed by atoms with Gasteiger partial charge in [-0.2, -0.15) is 0 Å². The predicted molar refractivity (Wildman–Crippen MR) is 87.1 cm³/mol. The van der Waals surface area contributed by atoms with Gasteiger partial charge in [0.1, 0.15) is 0 Å². The zero-order valence-electron chi connectivity index (χ0n) is 13.5. The first-order chi connectivity index (χ1) is 10.4. The van der Waals surface area contributed by atoms with Gasteiger partial charge in [-0.05, 0) is 38.7 Å². The molecule has 1 atom stereocenters. The largest absolute Gasteiger partial charge is 0.419 e. The molecule has 120 valence electrons. The normalized spacial score (nSPS) is 12.8. The number of hydrogen-bond acceptors (Lipinski definition) is 4. The number of fused-ring (bicyclic) bond motifs is 1. The molecule has 1 amide bonds. The van der Waals surface area contributed by atoms with Crippen molar-refractivity contribution in [1.82, 2.24) is 9.47 Å². The molecule has 0 saturated heterocycles. The highest BCUT2D eigenvalue weighted by molar-refractivity contribution is 5.94. The van der Waals surface area contributed by atoms with Crippen LogP contribution in [0.5, 0.6) is 0 Å². The molecule has 6 heteroatoms. The number of nitrogens with zero attached hydrogens (tertiary/aromatic N) is 2. The number of carbonyl (C=O) groups is 1. The Kier molecular flexibility index (Phi) is 5.03. The molecule has 0 aliphatic carbocycles. The number of anilines is 1. The number of benzene rings is 1. The molecule has 0 radical (unpaired) electrons. The summed E-state index contributed by atoms with van der Waals surface area (Å²) in [5, 5.41) is 2.88. The highest BCUT2D eigenvalue weighted by atomic mass is 16.4. The Labute approximate surface area is 129 Å². The van der Waals surface area contributed by atoms with Crippen molar-refractivity contribution in [3.63, 3.8) is 0 Å². The van der Waals surface area contributed by atoms with Crippen LogP contribution in [0.3, 0.4) is 0 Å². The molecule has 22 heavy (non-hydrogen) atoms. The Morgan fingerprint density at radius 2 is 2.14 bits per heavy atom. The van der Waals surface area contributed by atoms with Gasteiger partial charge in [-0.15, -0.1) is 0 Å². The number of aromatic nitrogens is 1. The van der Waals surface area contributed by atoms with Crippen molar-refractivity contribution < 1.29 is 9.21 Å². The number of rotatable bonds is 6. The van der Waals surface area contributed by atoms with Gasteiger partial charge >= 0.3 is 5.76 Å². The molecule has 0 aliphatic rings. The lowest BCUT2D eigenvalue weighted by Gasteiger charge is -2.11. The molecule has 0 aliphatic heterocycles. The lowest BCUT2D eigenvalue weighted by Crippen LogP contribution is -2.23. The quantitative estimate of drug-likeness (QED) is 0.888. The van der Waals surface area contributed by atoms with Crippen LogP contribution in [0.15, 0.2) is 27.4 Å². The molecule has 0 spiro atoms. The molecule has 1 aromatic carbocycles. The number of hydrogen-bond donors (Lipinski definition) is 1. The Bertz CT molecular complexity index is 715. The van der Waals surface area contributed by atoms with Crippen LogP contribution in [0, 0.1) is 5.92 Å². The maximum absolute atomic E-state index is 12.0. The summed E-state index contributed by atoms with van der Waals surface area (Å²) in [5.74, 6) is -0.439. The number of carbonyl (C=O) groups excluding carboxylic acids is 1. The van der Waals surface area contributed by atoms with Gasteiger partial charge in [0.25, 0.3) is 0 Å². The van der Waals surface area contributed by atoms with Crippen molar-refractivity contribution in [2.45, 2.75) is 26.8 Å². The van der Waals surface area contributed by atoms with Crippen LogP contribution < -0.4 is 11.1 Å². The summed E-state index contributed by atoms with van der Waals surface area (Å²) in [4.78, 5) is 25.9. The molecule has 1 heterocycles. The smallest absolute Gasteiger partial charge is 0.408 e. The minimum absolute atomic E-state index is 0.0208. The van der Waals surface area contributed by atoms with Gasteiger partial charge in [-0.3, -0.25) is 9.36 Å². The second-order valence-corrected chi connectivity index (χ2v) is 5.80. The maximum Gasteiger partial charge on any atom is 0.419 e. The minimum Gasteiger partial charge on any atom is -0.408 e. The van der Waals surface area contributed by atoms with Gasteiger partial charge in [0.2, 0.25) is 5.91 Å². The Morgan fingerprint density at radius 1 is 1.41 bits per heavy atom. The number of amides is 1. The molecule has 2 aromatic rings. The van der Waals surface area contributed by atoms with E-state index in [-0.39, 0.29) is 17.6 Å². The topological polar surface area (TPSA) is 67.5 Å². The fourth-order valence-corrected chi connectivity index (χ4v) is 2.10. The van der Waals surface area contributed by atoms with Crippen molar-refractivity contribution in [1.29, 1.82) is 0 Å². The van der Waals surface area contributed by atoms with Crippen LogP contribution >= 0.6 is 0 Å². The Balaban J connectivity index is 2.30. The van der Waals surface area contributed by atoms with Gasteiger partial charge in [-0.25, -0.2) is 4.79 Å². The van der Waals surface area contributed by atoms with Gasteiger partial charge in [0.05, 0.1) is 5.52 Å². The van der Waals surface area contributed by atoms with E-state index in [0.29, 0.717) is 23.3 Å². The molecule has 1 aromatic heterocycles. The molecule has 0 bridgehead atoms. The van der Waals surface area contributed by atoms with E-state index in [1.807, 2.05) is 32.8 Å². The number of nitrogens with one attached hydrogen (secondary N) is 1. The Hall–Kier alpha value is -2.08. The first kappa shape index (κ1) is 16.3. The van der Waals surface area contributed by atoms with Gasteiger partial charge in [0.15, 0.2) is 5.58 Å². The van der Waals surface area contributed by atoms with Gasteiger partial charge in [-0.1, -0.05) is 13.8 Å². The van der Waals surface area contributed by atoms with Crippen molar-refractivity contribution >= 4 is 22.7 Å². The van der Waals surface area contributed by atoms with Crippen molar-refractivity contribution in [3.8, 4) is 0 Å². The van der Waals surface area contributed by atoms with Crippen LogP contribution in [-0.2, 0) is 11.3 Å². The van der Waals surface area contributed by atoms with Crippen LogP contribution in [0.4, 0.5) is 5.69 Å². The van der Waals surface area contributed by atoms with Crippen LogP contribution in [-0.4, -0.2) is 36.0 Å². The molecule has 0 fully saturated rings. The third-order valence-electron chi connectivity index (χ3n) is 3.77. The van der Waals surface area contributed by atoms with Crippen LogP contribution in [0.2, 0.25) is 0 Å². The second-order valence-electron chi connectivity index (χ2n) is 5.80. The Morgan fingerprint density at radius 3 is 2.77 bits per heavy atom. The van der Waals surface area contributed by atoms with E-state index in [9.17, 15) is 9.59 Å². The number of oxazole rings is 1. The summed E-state index contributed by atoms with van der Waals surface area (Å²) in [5.41, 5.74) is 1.91. The van der Waals surface area contributed by atoms with Gasteiger partial charge < -0.3 is 14.6 Å². The number of likely N-dealkylation sites (N-methyl/N-ethyl adjacent to an activating group) is 1. The lowest BCUT2D eigenvalue weighted by atomic mass is 10.1. The van der Waals surface area contributed by atoms with E-state index in [2.05, 4.69) is 5.32 Å². The summed E-state index contributed by atoms with van der Waals surface area (Å²) in [6.07, 6.45) is 0.785. The standard InChI is InChI=1S/C16H23N3O3/c1-5-11(2)15(20)17-12-6-7-14-13(10-12)19(16(21)22-14)9-8-18(3)4/h6-7,10-11H,5,8-9H2,1-4H3,(H,17,20)/t11-/m1/s1. The van der Waals surface area contributed by atoms with E-state index in [4.69, 9.17) is 4.42 Å². The van der Waals surface area contributed by atoms with E-state index < -0.39 is 0 Å². The highest BCUT2D eigenvalue weighted by Crippen LogP contribution is 2.19. The molecule has 1 N–H and O–H groups in total. The third-order valence-corrected chi connectivity index (χ3v) is 3.77. The summed E-state index contributed by atoms with van der Waals surface area (Å²) in [6.45, 7) is 5.14. The summed E-state index contributed by atoms with van der Waals surface area (Å²) in [6, 6.07) is 5.26. The van der Waals surface area contributed by atoms with Crippen molar-refractivity contribution in [3.05, 3.63) is 28.7 Å². The highest BCUT2D eigenvalue weighted by Gasteiger charge is 2.13. The van der Waals surface area contributed by atoms with E-state index in [1.165, 1.54) is 0 Å². The lowest BCUT2D eigenvalue weighted by molar-refractivity contribution is -0.119. The van der Waals surface area contributed by atoms with Crippen LogP contribution in [0.25, 0.3) is 11.1 Å². The maximum atomic E-state index is 12.0. The zero-order chi connectivity index (χ0) is 16.3. The zero-order valence-corrected chi connectivity index (χ0v) is 13.5. The molecule has 0 saturated carbocycles. The fraction of sp³-hybridized carbons (Fsp3) is 0.500. The van der Waals surface area contributed by atoms with E-state index in [0.717, 1.165) is 13.0 Å². The monoisotopic (exact) mass is 305 g/mol. The SMILES string of the molecule is CC[C@@H](C)C(=O)Nc1ccc2oc(=O)n(CCN(C)C)c2c1. The average Bonchev–Trinajstić information content (AvgIpc) is 2.79. The first-order valence-electron chi connectivity index (χ1n) is 7.51.